The van der Waals surface area contributed by atoms with Crippen LogP contribution in [0.3, 0.4) is 0 Å². The van der Waals surface area contributed by atoms with Crippen molar-refractivity contribution in [2.75, 3.05) is 17.3 Å². The number of anilines is 2. The number of nitrogen functional groups attached to an aromatic ring is 1. The van der Waals surface area contributed by atoms with Crippen LogP contribution in [0.15, 0.2) is 59.6 Å². The summed E-state index contributed by atoms with van der Waals surface area (Å²) in [5, 5.41) is 3.25. The minimum Gasteiger partial charge on any atom is -0.482 e. The number of nitrogens with zero attached hydrogens (tertiary/aromatic N) is 1. The van der Waals surface area contributed by atoms with Crippen molar-refractivity contribution < 1.29 is 17.9 Å². The topological polar surface area (TPSA) is 111 Å². The molecule has 0 spiro atoms. The molecule has 162 valence electrons. The number of pyridine rings is 1. The average molecular weight is 460 g/mol. The monoisotopic (exact) mass is 459 g/mol. The third-order valence-corrected chi connectivity index (χ3v) is 6.06. The minimum absolute atomic E-state index is 0.0837. The fourth-order valence-electron chi connectivity index (χ4n) is 3.07. The fraction of sp³-hybridized carbons (Fsp3) is 0.182. The van der Waals surface area contributed by atoms with Gasteiger partial charge in [0.05, 0.1) is 9.92 Å². The Labute approximate surface area is 186 Å². The summed E-state index contributed by atoms with van der Waals surface area (Å²) in [4.78, 5) is 16.8. The molecule has 1 heterocycles. The number of ether oxygens (including phenoxy) is 1. The van der Waals surface area contributed by atoms with E-state index in [2.05, 4.69) is 10.3 Å². The van der Waals surface area contributed by atoms with E-state index in [1.165, 1.54) is 24.4 Å². The van der Waals surface area contributed by atoms with Gasteiger partial charge in [-0.25, -0.2) is 13.4 Å². The van der Waals surface area contributed by atoms with Crippen molar-refractivity contribution in [2.24, 2.45) is 0 Å². The maximum atomic E-state index is 12.7. The molecule has 2 aromatic carbocycles. The maximum absolute atomic E-state index is 12.7. The lowest BCUT2D eigenvalue weighted by Gasteiger charge is -2.20. The number of hydrogen-bond donors (Lipinski definition) is 2. The van der Waals surface area contributed by atoms with Crippen molar-refractivity contribution in [2.45, 2.75) is 24.8 Å². The van der Waals surface area contributed by atoms with Gasteiger partial charge in [-0.15, -0.1) is 0 Å². The van der Waals surface area contributed by atoms with Crippen LogP contribution >= 0.6 is 11.6 Å². The summed E-state index contributed by atoms with van der Waals surface area (Å²) in [5.41, 5.74) is 8.33. The molecule has 1 aromatic heterocycles. The molecule has 0 radical (unpaired) electrons. The van der Waals surface area contributed by atoms with Crippen molar-refractivity contribution >= 4 is 38.9 Å². The number of halogens is 1. The molecule has 0 fully saturated rings. The number of rotatable bonds is 6. The third kappa shape index (κ3) is 5.34. The Morgan fingerprint density at radius 3 is 2.61 bits per heavy atom. The van der Waals surface area contributed by atoms with Crippen molar-refractivity contribution in [1.29, 1.82) is 0 Å². The summed E-state index contributed by atoms with van der Waals surface area (Å²) < 4.78 is 29.5. The zero-order valence-electron chi connectivity index (χ0n) is 17.2. The molecule has 1 atom stereocenters. The predicted molar refractivity (Wildman–Crippen MR) is 121 cm³/mol. The summed E-state index contributed by atoms with van der Waals surface area (Å²) in [6.07, 6.45) is 2.14. The van der Waals surface area contributed by atoms with Crippen LogP contribution in [-0.4, -0.2) is 25.6 Å². The number of carbonyl (C=O) groups is 1. The highest BCUT2D eigenvalue weighted by Crippen LogP contribution is 2.31. The van der Waals surface area contributed by atoms with Crippen LogP contribution in [0.4, 0.5) is 11.5 Å². The number of sulfone groups is 1. The van der Waals surface area contributed by atoms with Crippen molar-refractivity contribution in [3.8, 4) is 5.75 Å². The zero-order valence-corrected chi connectivity index (χ0v) is 18.8. The predicted octanol–water partition coefficient (Wildman–Crippen LogP) is 4.42. The molecular formula is C22H22ClN3O4S. The van der Waals surface area contributed by atoms with Crippen LogP contribution in [0.1, 0.15) is 34.5 Å². The molecule has 3 rings (SSSR count). The highest BCUT2D eigenvalue weighted by atomic mass is 35.5. The zero-order chi connectivity index (χ0) is 22.8. The van der Waals surface area contributed by atoms with Crippen LogP contribution in [0.5, 0.6) is 5.75 Å². The number of hydrogen-bond acceptors (Lipinski definition) is 6. The van der Waals surface area contributed by atoms with Gasteiger partial charge in [0, 0.05) is 29.8 Å². The maximum Gasteiger partial charge on any atom is 0.255 e. The Kier molecular flexibility index (Phi) is 6.52. The number of amides is 1. The highest BCUT2D eigenvalue weighted by molar-refractivity contribution is 7.90. The molecule has 31 heavy (non-hydrogen) atoms. The second kappa shape index (κ2) is 8.95. The number of nitrogens with one attached hydrogen (secondary N) is 1. The van der Waals surface area contributed by atoms with Crippen molar-refractivity contribution in [3.63, 3.8) is 0 Å². The number of carbonyl (C=O) groups excluding carboxylic acids is 1. The van der Waals surface area contributed by atoms with Gasteiger partial charge in [0.25, 0.3) is 5.91 Å². The van der Waals surface area contributed by atoms with E-state index in [9.17, 15) is 13.2 Å². The second-order valence-corrected chi connectivity index (χ2v) is 9.52. The van der Waals surface area contributed by atoms with Crippen molar-refractivity contribution in [3.05, 3.63) is 76.4 Å². The standard InChI is InChI=1S/C22H22ClN3O4S/c1-13-18(14(2)30-20-11-16(23)12-25-21(20)24)8-5-9-19(13)26-22(27)15-6-4-7-17(10-15)31(3,28)29/h4-12,14H,1-3H3,(H2,24,25)(H,26,27). The Bertz CT molecular complexity index is 1250. The summed E-state index contributed by atoms with van der Waals surface area (Å²) in [6, 6.07) is 12.9. The second-order valence-electron chi connectivity index (χ2n) is 7.07. The Morgan fingerprint density at radius 1 is 1.19 bits per heavy atom. The minimum atomic E-state index is -3.42. The quantitative estimate of drug-likeness (QED) is 0.564. The third-order valence-electron chi connectivity index (χ3n) is 4.74. The SMILES string of the molecule is Cc1c(NC(=O)c2cccc(S(C)(=O)=O)c2)cccc1C(C)Oc1cc(Cl)cnc1N. The largest absolute Gasteiger partial charge is 0.482 e. The van der Waals surface area contributed by atoms with E-state index in [0.717, 1.165) is 17.4 Å². The lowest BCUT2D eigenvalue weighted by Crippen LogP contribution is -2.15. The number of aromatic nitrogens is 1. The Balaban J connectivity index is 1.84. The summed E-state index contributed by atoms with van der Waals surface area (Å²) in [5.74, 6) is 0.179. The Morgan fingerprint density at radius 2 is 1.90 bits per heavy atom. The first kappa shape index (κ1) is 22.6. The summed E-state index contributed by atoms with van der Waals surface area (Å²) in [7, 11) is -3.42. The number of benzene rings is 2. The molecule has 1 amide bonds. The average Bonchev–Trinajstić information content (AvgIpc) is 2.71. The molecule has 0 bridgehead atoms. The molecule has 3 aromatic rings. The van der Waals surface area contributed by atoms with Crippen molar-refractivity contribution in [1.82, 2.24) is 4.98 Å². The molecule has 3 N–H and O–H groups in total. The molecule has 0 saturated carbocycles. The van der Waals surface area contributed by atoms with Gasteiger partial charge in [-0.2, -0.15) is 0 Å². The highest BCUT2D eigenvalue weighted by Gasteiger charge is 2.17. The van der Waals surface area contributed by atoms with Gasteiger partial charge >= 0.3 is 0 Å². The van der Waals surface area contributed by atoms with Crippen LogP contribution in [0.2, 0.25) is 5.02 Å². The molecule has 0 aliphatic rings. The van der Waals surface area contributed by atoms with E-state index in [1.54, 1.807) is 24.3 Å². The lowest BCUT2D eigenvalue weighted by atomic mass is 10.0. The molecule has 7 nitrogen and oxygen atoms in total. The van der Waals surface area contributed by atoms with Gasteiger partial charge in [-0.1, -0.05) is 29.8 Å². The van der Waals surface area contributed by atoms with E-state index in [0.29, 0.717) is 16.5 Å². The van der Waals surface area contributed by atoms with Crippen LogP contribution in [-0.2, 0) is 9.84 Å². The summed E-state index contributed by atoms with van der Waals surface area (Å²) >= 11 is 5.97. The molecular weight excluding hydrogens is 438 g/mol. The fourth-order valence-corrected chi connectivity index (χ4v) is 3.89. The van der Waals surface area contributed by atoms with E-state index < -0.39 is 21.8 Å². The molecule has 9 heteroatoms. The van der Waals surface area contributed by atoms with Crippen LogP contribution in [0, 0.1) is 6.92 Å². The van der Waals surface area contributed by atoms with Gasteiger partial charge in [-0.05, 0) is 49.2 Å². The van der Waals surface area contributed by atoms with Crippen LogP contribution in [0.25, 0.3) is 0 Å². The Hall–Kier alpha value is -3.10. The number of nitrogens with two attached hydrogens (primary N) is 1. The molecule has 0 aliphatic carbocycles. The van der Waals surface area contributed by atoms with Gasteiger partial charge in [-0.3, -0.25) is 4.79 Å². The van der Waals surface area contributed by atoms with Gasteiger partial charge < -0.3 is 15.8 Å². The lowest BCUT2D eigenvalue weighted by molar-refractivity contribution is 0.102. The van der Waals surface area contributed by atoms with E-state index >= 15 is 0 Å². The van der Waals surface area contributed by atoms with E-state index in [-0.39, 0.29) is 16.3 Å². The van der Waals surface area contributed by atoms with Crippen LogP contribution < -0.4 is 15.8 Å². The first-order valence-corrected chi connectivity index (χ1v) is 11.6. The van der Waals surface area contributed by atoms with E-state index in [1.807, 2.05) is 19.9 Å². The van der Waals surface area contributed by atoms with E-state index in [4.69, 9.17) is 22.1 Å². The summed E-state index contributed by atoms with van der Waals surface area (Å²) in [6.45, 7) is 3.71. The van der Waals surface area contributed by atoms with Gasteiger partial charge in [0.15, 0.2) is 21.4 Å². The first-order valence-electron chi connectivity index (χ1n) is 9.35. The van der Waals surface area contributed by atoms with Gasteiger partial charge in [0.1, 0.15) is 6.10 Å². The molecule has 1 unspecified atom stereocenters. The first-order chi connectivity index (χ1) is 14.6. The molecule has 0 aliphatic heterocycles. The van der Waals surface area contributed by atoms with Gasteiger partial charge in [0.2, 0.25) is 0 Å². The smallest absolute Gasteiger partial charge is 0.255 e. The molecule has 0 saturated heterocycles. The normalized spacial score (nSPS) is 12.3.